The predicted octanol–water partition coefficient (Wildman–Crippen LogP) is 2.60. The summed E-state index contributed by atoms with van der Waals surface area (Å²) in [5.74, 6) is 0.479. The number of hydrogen-bond acceptors (Lipinski definition) is 2. The molecule has 1 aliphatic rings. The Bertz CT molecular complexity index is 231. The summed E-state index contributed by atoms with van der Waals surface area (Å²) >= 11 is 0. The molecule has 0 bridgehead atoms. The molecule has 0 aliphatic heterocycles. The Morgan fingerprint density at radius 2 is 2.06 bits per heavy atom. The van der Waals surface area contributed by atoms with E-state index in [1.54, 1.807) is 11.9 Å². The minimum absolute atomic E-state index is 0.118. The summed E-state index contributed by atoms with van der Waals surface area (Å²) in [6.07, 6.45) is 1.25. The van der Waals surface area contributed by atoms with Gasteiger partial charge < -0.3 is 10.2 Å². The van der Waals surface area contributed by atoms with Gasteiger partial charge in [0.1, 0.15) is 0 Å². The molecule has 1 saturated carbocycles. The third kappa shape index (κ3) is 4.88. The fourth-order valence-electron chi connectivity index (χ4n) is 3.02. The number of hydrogen-bond donors (Lipinski definition) is 1. The molecule has 17 heavy (non-hydrogen) atoms. The number of nitrogens with zero attached hydrogens (tertiary/aromatic N) is 1. The van der Waals surface area contributed by atoms with Crippen molar-refractivity contribution in [2.75, 3.05) is 27.2 Å². The third-order valence-electron chi connectivity index (χ3n) is 3.88. The number of alkyl halides is 2. The Morgan fingerprint density at radius 1 is 1.41 bits per heavy atom. The summed E-state index contributed by atoms with van der Waals surface area (Å²) in [4.78, 5) is 1.76. The highest BCUT2D eigenvalue weighted by atomic mass is 19.3. The van der Waals surface area contributed by atoms with E-state index in [-0.39, 0.29) is 6.54 Å². The second-order valence-corrected chi connectivity index (χ2v) is 6.17. The molecule has 0 aromatic heterocycles. The fourth-order valence-corrected chi connectivity index (χ4v) is 3.02. The molecule has 1 rings (SSSR count). The molecule has 1 aliphatic carbocycles. The highest BCUT2D eigenvalue weighted by Gasteiger charge is 2.34. The van der Waals surface area contributed by atoms with Crippen LogP contribution in [0.25, 0.3) is 0 Å². The first-order valence-corrected chi connectivity index (χ1v) is 6.48. The lowest BCUT2D eigenvalue weighted by atomic mass is 9.70. The van der Waals surface area contributed by atoms with Crippen molar-refractivity contribution in [2.24, 2.45) is 11.3 Å². The van der Waals surface area contributed by atoms with Crippen LogP contribution in [0.3, 0.4) is 0 Å². The molecule has 2 unspecified atom stereocenters. The minimum Gasteiger partial charge on any atom is -0.317 e. The Morgan fingerprint density at radius 3 is 2.59 bits per heavy atom. The Labute approximate surface area is 104 Å². The highest BCUT2D eigenvalue weighted by molar-refractivity contribution is 4.89. The molecule has 0 heterocycles. The standard InChI is InChI=1S/C13H26F2N2/c1-13(2)6-5-11(16-3)10(7-13)8-17(4)9-12(14)15/h10-12,16H,5-9H2,1-4H3. The van der Waals surface area contributed by atoms with Gasteiger partial charge in [0, 0.05) is 12.6 Å². The zero-order valence-corrected chi connectivity index (χ0v) is 11.5. The van der Waals surface area contributed by atoms with Gasteiger partial charge >= 0.3 is 0 Å². The van der Waals surface area contributed by atoms with Gasteiger partial charge in [0.25, 0.3) is 6.43 Å². The van der Waals surface area contributed by atoms with Crippen molar-refractivity contribution in [2.45, 2.75) is 45.6 Å². The zero-order chi connectivity index (χ0) is 13.1. The molecule has 0 aromatic carbocycles. The van der Waals surface area contributed by atoms with Gasteiger partial charge in [-0.15, -0.1) is 0 Å². The summed E-state index contributed by atoms with van der Waals surface area (Å²) in [7, 11) is 3.77. The van der Waals surface area contributed by atoms with Crippen LogP contribution in [0, 0.1) is 11.3 Å². The first-order valence-electron chi connectivity index (χ1n) is 6.48. The van der Waals surface area contributed by atoms with Gasteiger partial charge in [-0.05, 0) is 44.7 Å². The Balaban J connectivity index is 2.52. The predicted molar refractivity (Wildman–Crippen MR) is 67.5 cm³/mol. The van der Waals surface area contributed by atoms with Crippen molar-refractivity contribution < 1.29 is 8.78 Å². The first kappa shape index (κ1) is 14.8. The molecule has 0 saturated heterocycles. The van der Waals surface area contributed by atoms with Crippen LogP contribution in [0.15, 0.2) is 0 Å². The number of halogens is 2. The fraction of sp³-hybridized carbons (Fsp3) is 1.00. The van der Waals surface area contributed by atoms with Crippen molar-refractivity contribution in [3.05, 3.63) is 0 Å². The average Bonchev–Trinajstić information content (AvgIpc) is 2.15. The highest BCUT2D eigenvalue weighted by Crippen LogP contribution is 2.38. The van der Waals surface area contributed by atoms with Crippen LogP contribution in [0.1, 0.15) is 33.1 Å². The maximum absolute atomic E-state index is 12.3. The summed E-state index contributed by atoms with van der Waals surface area (Å²) in [6, 6.07) is 0.475. The molecular weight excluding hydrogens is 222 g/mol. The van der Waals surface area contributed by atoms with Gasteiger partial charge in [-0.3, -0.25) is 0 Å². The number of rotatable bonds is 5. The van der Waals surface area contributed by atoms with E-state index in [0.29, 0.717) is 17.4 Å². The maximum atomic E-state index is 12.3. The van der Waals surface area contributed by atoms with Crippen LogP contribution in [-0.4, -0.2) is 44.6 Å². The summed E-state index contributed by atoms with van der Waals surface area (Å²) in [6.45, 7) is 5.20. The Hall–Kier alpha value is -0.220. The first-order chi connectivity index (χ1) is 7.84. The molecule has 2 nitrogen and oxygen atoms in total. The largest absolute Gasteiger partial charge is 0.317 e. The second kappa shape index (κ2) is 6.10. The summed E-state index contributed by atoms with van der Waals surface area (Å²) in [5, 5.41) is 3.34. The van der Waals surface area contributed by atoms with Crippen molar-refractivity contribution in [3.63, 3.8) is 0 Å². The van der Waals surface area contributed by atoms with Gasteiger partial charge in [-0.2, -0.15) is 0 Å². The normalized spacial score (nSPS) is 28.9. The van der Waals surface area contributed by atoms with Gasteiger partial charge in [0.05, 0.1) is 6.54 Å². The third-order valence-corrected chi connectivity index (χ3v) is 3.88. The van der Waals surface area contributed by atoms with Crippen LogP contribution in [0.5, 0.6) is 0 Å². The average molecular weight is 248 g/mol. The van der Waals surface area contributed by atoms with E-state index in [1.165, 1.54) is 6.42 Å². The monoisotopic (exact) mass is 248 g/mol. The van der Waals surface area contributed by atoms with Gasteiger partial charge in [0.15, 0.2) is 0 Å². The zero-order valence-electron chi connectivity index (χ0n) is 11.5. The minimum atomic E-state index is -2.23. The topological polar surface area (TPSA) is 15.3 Å². The van der Waals surface area contributed by atoms with E-state index in [1.807, 2.05) is 7.05 Å². The second-order valence-electron chi connectivity index (χ2n) is 6.17. The molecule has 0 radical (unpaired) electrons. The quantitative estimate of drug-likeness (QED) is 0.804. The van der Waals surface area contributed by atoms with Crippen molar-refractivity contribution >= 4 is 0 Å². The van der Waals surface area contributed by atoms with E-state index in [4.69, 9.17) is 0 Å². The number of nitrogens with one attached hydrogen (secondary N) is 1. The summed E-state index contributed by atoms with van der Waals surface area (Å²) < 4.78 is 24.6. The van der Waals surface area contributed by atoms with Crippen LogP contribution < -0.4 is 5.32 Å². The molecule has 0 aromatic rings. The van der Waals surface area contributed by atoms with Gasteiger partial charge in [-0.1, -0.05) is 13.8 Å². The van der Waals surface area contributed by atoms with Crippen LogP contribution in [0.4, 0.5) is 8.78 Å². The van der Waals surface area contributed by atoms with E-state index < -0.39 is 6.43 Å². The lowest BCUT2D eigenvalue weighted by Crippen LogP contribution is -2.46. The van der Waals surface area contributed by atoms with Crippen molar-refractivity contribution in [3.8, 4) is 0 Å². The van der Waals surface area contributed by atoms with Crippen molar-refractivity contribution in [1.29, 1.82) is 0 Å². The van der Waals surface area contributed by atoms with Gasteiger partial charge in [-0.25, -0.2) is 8.78 Å². The molecule has 1 fully saturated rings. The Kier molecular flexibility index (Phi) is 5.32. The molecule has 0 spiro atoms. The van der Waals surface area contributed by atoms with Crippen LogP contribution in [-0.2, 0) is 0 Å². The van der Waals surface area contributed by atoms with E-state index in [9.17, 15) is 8.78 Å². The molecule has 0 amide bonds. The van der Waals surface area contributed by atoms with Crippen molar-refractivity contribution in [1.82, 2.24) is 10.2 Å². The smallest absolute Gasteiger partial charge is 0.251 e. The molecule has 102 valence electrons. The summed E-state index contributed by atoms with van der Waals surface area (Å²) in [5.41, 5.74) is 0.351. The maximum Gasteiger partial charge on any atom is 0.251 e. The SMILES string of the molecule is CNC1CCC(C)(C)CC1CN(C)CC(F)F. The molecule has 2 atom stereocenters. The van der Waals surface area contributed by atoms with Crippen LogP contribution in [0.2, 0.25) is 0 Å². The van der Waals surface area contributed by atoms with E-state index in [0.717, 1.165) is 19.4 Å². The van der Waals surface area contributed by atoms with E-state index >= 15 is 0 Å². The molecule has 4 heteroatoms. The lowest BCUT2D eigenvalue weighted by Gasteiger charge is -2.42. The molecule has 1 N–H and O–H groups in total. The lowest BCUT2D eigenvalue weighted by molar-refractivity contribution is 0.0679. The van der Waals surface area contributed by atoms with E-state index in [2.05, 4.69) is 19.2 Å². The van der Waals surface area contributed by atoms with Crippen LogP contribution >= 0.6 is 0 Å². The van der Waals surface area contributed by atoms with Gasteiger partial charge in [0.2, 0.25) is 0 Å². The molecular formula is C13H26F2N2.